The summed E-state index contributed by atoms with van der Waals surface area (Å²) in [4.78, 5) is 28.1. The van der Waals surface area contributed by atoms with Crippen molar-refractivity contribution in [2.75, 3.05) is 37.7 Å². The van der Waals surface area contributed by atoms with Crippen LogP contribution in [-0.4, -0.2) is 60.8 Å². The molecule has 1 aliphatic heterocycles. The van der Waals surface area contributed by atoms with Gasteiger partial charge in [-0.25, -0.2) is 4.79 Å². The molecule has 2 aromatic rings. The summed E-state index contributed by atoms with van der Waals surface area (Å²) in [5.74, 6) is -0.928. The van der Waals surface area contributed by atoms with Gasteiger partial charge in [-0.1, -0.05) is 35.4 Å². The minimum absolute atomic E-state index is 0.000484. The summed E-state index contributed by atoms with van der Waals surface area (Å²) in [6.45, 7) is 6.82. The number of nitrogens with zero attached hydrogens (tertiary/aromatic N) is 2. The van der Waals surface area contributed by atoms with E-state index < -0.39 is 5.97 Å². The van der Waals surface area contributed by atoms with Crippen molar-refractivity contribution in [3.05, 3.63) is 65.2 Å². The van der Waals surface area contributed by atoms with Crippen LogP contribution in [0.4, 0.5) is 5.69 Å². The number of piperidine rings is 1. The first-order valence-electron chi connectivity index (χ1n) is 10.4. The molecule has 0 saturated carbocycles. The molecule has 160 valence electrons. The maximum atomic E-state index is 13.3. The van der Waals surface area contributed by atoms with Gasteiger partial charge in [0, 0.05) is 37.4 Å². The SMILES string of the molecule is Cc1ccc(N(CCN2CCC(OCC(=O)O)CC2)C(=O)c2cccc(C)c2)cc1. The third-order valence-electron chi connectivity index (χ3n) is 5.47. The van der Waals surface area contributed by atoms with E-state index >= 15 is 0 Å². The number of aliphatic carboxylic acids is 1. The van der Waals surface area contributed by atoms with E-state index in [-0.39, 0.29) is 18.6 Å². The highest BCUT2D eigenvalue weighted by Gasteiger charge is 2.23. The number of benzene rings is 2. The summed E-state index contributed by atoms with van der Waals surface area (Å²) >= 11 is 0. The van der Waals surface area contributed by atoms with Gasteiger partial charge < -0.3 is 19.6 Å². The second kappa shape index (κ2) is 10.4. The Hall–Kier alpha value is -2.70. The van der Waals surface area contributed by atoms with Crippen LogP contribution in [0, 0.1) is 13.8 Å². The van der Waals surface area contributed by atoms with E-state index in [9.17, 15) is 9.59 Å². The number of likely N-dealkylation sites (tertiary alicyclic amines) is 1. The van der Waals surface area contributed by atoms with Crippen LogP contribution in [-0.2, 0) is 9.53 Å². The minimum atomic E-state index is -0.930. The standard InChI is InChI=1S/C24H30N2O4/c1-18-6-8-21(9-7-18)26(24(29)20-5-3-4-19(2)16-20)15-14-25-12-10-22(11-13-25)30-17-23(27)28/h3-9,16,22H,10-15,17H2,1-2H3,(H,27,28). The highest BCUT2D eigenvalue weighted by atomic mass is 16.5. The zero-order chi connectivity index (χ0) is 21.5. The van der Waals surface area contributed by atoms with Crippen LogP contribution in [0.2, 0.25) is 0 Å². The molecule has 0 aliphatic carbocycles. The summed E-state index contributed by atoms with van der Waals surface area (Å²) in [5.41, 5.74) is 3.81. The topological polar surface area (TPSA) is 70.1 Å². The fraction of sp³-hybridized carbons (Fsp3) is 0.417. The van der Waals surface area contributed by atoms with Gasteiger partial charge in [-0.05, 0) is 51.0 Å². The van der Waals surface area contributed by atoms with E-state index in [0.717, 1.165) is 49.3 Å². The van der Waals surface area contributed by atoms with Crippen LogP contribution >= 0.6 is 0 Å². The first-order valence-corrected chi connectivity index (χ1v) is 10.4. The molecule has 0 atom stereocenters. The predicted octanol–water partition coefficient (Wildman–Crippen LogP) is 3.52. The Morgan fingerprint density at radius 1 is 1.07 bits per heavy atom. The number of amides is 1. The number of carbonyl (C=O) groups excluding carboxylic acids is 1. The van der Waals surface area contributed by atoms with E-state index in [1.165, 1.54) is 0 Å². The Bertz CT molecular complexity index is 858. The Balaban J connectivity index is 1.64. The van der Waals surface area contributed by atoms with Gasteiger partial charge in [0.2, 0.25) is 0 Å². The van der Waals surface area contributed by atoms with E-state index in [1.807, 2.05) is 67.3 Å². The van der Waals surface area contributed by atoms with E-state index in [0.29, 0.717) is 12.1 Å². The molecule has 2 aromatic carbocycles. The molecule has 1 fully saturated rings. The molecule has 0 radical (unpaired) electrons. The van der Waals surface area contributed by atoms with Gasteiger partial charge in [-0.2, -0.15) is 0 Å². The van der Waals surface area contributed by atoms with Crippen molar-refractivity contribution in [1.29, 1.82) is 0 Å². The van der Waals surface area contributed by atoms with Crippen molar-refractivity contribution in [2.45, 2.75) is 32.8 Å². The van der Waals surface area contributed by atoms with Gasteiger partial charge in [0.1, 0.15) is 6.61 Å². The Labute approximate surface area is 178 Å². The molecule has 30 heavy (non-hydrogen) atoms. The molecule has 1 amide bonds. The maximum absolute atomic E-state index is 13.3. The fourth-order valence-corrected chi connectivity index (χ4v) is 3.74. The summed E-state index contributed by atoms with van der Waals surface area (Å²) in [6.07, 6.45) is 1.62. The average molecular weight is 411 g/mol. The van der Waals surface area contributed by atoms with Crippen LogP contribution in [0.3, 0.4) is 0 Å². The first-order chi connectivity index (χ1) is 14.4. The molecule has 0 aromatic heterocycles. The molecule has 1 aliphatic rings. The normalized spacial score (nSPS) is 15.1. The van der Waals surface area contributed by atoms with Crippen LogP contribution in [0.1, 0.15) is 34.3 Å². The molecule has 1 N–H and O–H groups in total. The number of carboxylic acid groups (broad SMARTS) is 1. The largest absolute Gasteiger partial charge is 0.480 e. The lowest BCUT2D eigenvalue weighted by Gasteiger charge is -2.33. The molecule has 3 rings (SSSR count). The molecule has 0 spiro atoms. The summed E-state index contributed by atoms with van der Waals surface area (Å²) in [5, 5.41) is 8.76. The number of ether oxygens (including phenoxy) is 1. The van der Waals surface area contributed by atoms with E-state index in [1.54, 1.807) is 0 Å². The summed E-state index contributed by atoms with van der Waals surface area (Å²) in [6, 6.07) is 15.7. The lowest BCUT2D eigenvalue weighted by Crippen LogP contribution is -2.43. The Morgan fingerprint density at radius 2 is 1.77 bits per heavy atom. The lowest BCUT2D eigenvalue weighted by molar-refractivity contribution is -0.145. The van der Waals surface area contributed by atoms with Crippen molar-refractivity contribution in [3.8, 4) is 0 Å². The highest BCUT2D eigenvalue weighted by molar-refractivity contribution is 6.06. The third-order valence-corrected chi connectivity index (χ3v) is 5.47. The number of carboxylic acids is 1. The van der Waals surface area contributed by atoms with Crippen molar-refractivity contribution < 1.29 is 19.4 Å². The average Bonchev–Trinajstić information content (AvgIpc) is 2.74. The van der Waals surface area contributed by atoms with Crippen LogP contribution in [0.5, 0.6) is 0 Å². The number of hydrogen-bond acceptors (Lipinski definition) is 4. The van der Waals surface area contributed by atoms with E-state index in [2.05, 4.69) is 4.90 Å². The number of carbonyl (C=O) groups is 2. The number of aryl methyl sites for hydroxylation is 2. The van der Waals surface area contributed by atoms with Crippen molar-refractivity contribution in [1.82, 2.24) is 4.90 Å². The lowest BCUT2D eigenvalue weighted by atomic mass is 10.1. The van der Waals surface area contributed by atoms with Crippen molar-refractivity contribution in [3.63, 3.8) is 0 Å². The second-order valence-electron chi connectivity index (χ2n) is 7.91. The summed E-state index contributed by atoms with van der Waals surface area (Å²) < 4.78 is 5.42. The smallest absolute Gasteiger partial charge is 0.329 e. The highest BCUT2D eigenvalue weighted by Crippen LogP contribution is 2.20. The fourth-order valence-electron chi connectivity index (χ4n) is 3.74. The van der Waals surface area contributed by atoms with Gasteiger partial charge in [-0.15, -0.1) is 0 Å². The van der Waals surface area contributed by atoms with Crippen LogP contribution in [0.15, 0.2) is 48.5 Å². The van der Waals surface area contributed by atoms with Gasteiger partial charge in [0.05, 0.1) is 6.10 Å². The molecule has 6 nitrogen and oxygen atoms in total. The molecule has 1 heterocycles. The van der Waals surface area contributed by atoms with Crippen molar-refractivity contribution in [2.24, 2.45) is 0 Å². The minimum Gasteiger partial charge on any atom is -0.480 e. The predicted molar refractivity (Wildman–Crippen MR) is 117 cm³/mol. The second-order valence-corrected chi connectivity index (χ2v) is 7.91. The monoisotopic (exact) mass is 410 g/mol. The third kappa shape index (κ3) is 6.15. The molecule has 6 heteroatoms. The molecule has 1 saturated heterocycles. The first kappa shape index (κ1) is 22.0. The molecular formula is C24H30N2O4. The van der Waals surface area contributed by atoms with Crippen molar-refractivity contribution >= 4 is 17.6 Å². The molecule has 0 unspecified atom stereocenters. The molecule has 0 bridgehead atoms. The van der Waals surface area contributed by atoms with Gasteiger partial charge in [-0.3, -0.25) is 4.79 Å². The quantitative estimate of drug-likeness (QED) is 0.721. The Kier molecular flexibility index (Phi) is 7.60. The Morgan fingerprint density at radius 3 is 2.40 bits per heavy atom. The van der Waals surface area contributed by atoms with Gasteiger partial charge in [0.25, 0.3) is 5.91 Å². The zero-order valence-corrected chi connectivity index (χ0v) is 17.7. The van der Waals surface area contributed by atoms with Crippen LogP contribution < -0.4 is 4.90 Å². The number of rotatable bonds is 8. The van der Waals surface area contributed by atoms with Gasteiger partial charge >= 0.3 is 5.97 Å². The van der Waals surface area contributed by atoms with Crippen LogP contribution in [0.25, 0.3) is 0 Å². The van der Waals surface area contributed by atoms with Gasteiger partial charge in [0.15, 0.2) is 0 Å². The number of hydrogen-bond donors (Lipinski definition) is 1. The molecular weight excluding hydrogens is 380 g/mol. The summed E-state index contributed by atoms with van der Waals surface area (Å²) in [7, 11) is 0. The maximum Gasteiger partial charge on any atom is 0.329 e. The van der Waals surface area contributed by atoms with E-state index in [4.69, 9.17) is 9.84 Å². The number of anilines is 1. The zero-order valence-electron chi connectivity index (χ0n) is 17.7.